The molecule has 6 heteroatoms. The Kier molecular flexibility index (Phi) is 4.69. The first-order valence-electron chi connectivity index (χ1n) is 8.44. The standard InChI is InChI=1S/C18H26N2O4/c1-18(2,3)15(21)11-19-7-9-20(10-8-19)17(22)13-5-4-6-14-16(13)24-12-23-14/h4-6,15,21H,7-12H2,1-3H3/t15-/m0/s1. The van der Waals surface area contributed by atoms with Crippen molar-refractivity contribution in [3.8, 4) is 11.5 Å². The van der Waals surface area contributed by atoms with E-state index >= 15 is 0 Å². The number of benzene rings is 1. The number of carbonyl (C=O) groups excluding carboxylic acids is 1. The molecule has 1 amide bonds. The fourth-order valence-corrected chi connectivity index (χ4v) is 2.92. The van der Waals surface area contributed by atoms with Crippen LogP contribution in [0.25, 0.3) is 0 Å². The second-order valence-corrected chi connectivity index (χ2v) is 7.51. The van der Waals surface area contributed by atoms with Crippen LogP contribution in [-0.4, -0.2) is 66.4 Å². The van der Waals surface area contributed by atoms with Crippen LogP contribution in [0.15, 0.2) is 18.2 Å². The van der Waals surface area contributed by atoms with E-state index in [2.05, 4.69) is 4.90 Å². The molecule has 0 spiro atoms. The van der Waals surface area contributed by atoms with Crippen LogP contribution >= 0.6 is 0 Å². The lowest BCUT2D eigenvalue weighted by Gasteiger charge is -2.38. The molecule has 2 aliphatic heterocycles. The fraction of sp³-hybridized carbons (Fsp3) is 0.611. The van der Waals surface area contributed by atoms with Gasteiger partial charge in [-0.3, -0.25) is 9.69 Å². The Bertz CT molecular complexity index is 604. The first-order valence-corrected chi connectivity index (χ1v) is 8.44. The summed E-state index contributed by atoms with van der Waals surface area (Å²) >= 11 is 0. The fourth-order valence-electron chi connectivity index (χ4n) is 2.92. The first kappa shape index (κ1) is 17.0. The largest absolute Gasteiger partial charge is 0.454 e. The molecule has 1 fully saturated rings. The molecular formula is C18H26N2O4. The number of nitrogens with zero attached hydrogens (tertiary/aromatic N) is 2. The van der Waals surface area contributed by atoms with Gasteiger partial charge < -0.3 is 19.5 Å². The van der Waals surface area contributed by atoms with Crippen LogP contribution in [0, 0.1) is 5.41 Å². The molecule has 2 aliphatic rings. The third-order valence-corrected chi connectivity index (χ3v) is 4.72. The van der Waals surface area contributed by atoms with Crippen molar-refractivity contribution < 1.29 is 19.4 Å². The summed E-state index contributed by atoms with van der Waals surface area (Å²) in [5.74, 6) is 1.16. The van der Waals surface area contributed by atoms with E-state index in [9.17, 15) is 9.90 Å². The summed E-state index contributed by atoms with van der Waals surface area (Å²) in [5, 5.41) is 10.2. The highest BCUT2D eigenvalue weighted by Gasteiger charge is 2.30. The number of aliphatic hydroxyl groups is 1. The molecule has 0 saturated carbocycles. The van der Waals surface area contributed by atoms with Crippen molar-refractivity contribution in [1.29, 1.82) is 0 Å². The maximum Gasteiger partial charge on any atom is 0.257 e. The molecule has 132 valence electrons. The monoisotopic (exact) mass is 334 g/mol. The number of ether oxygens (including phenoxy) is 2. The molecule has 0 unspecified atom stereocenters. The molecule has 6 nitrogen and oxygen atoms in total. The van der Waals surface area contributed by atoms with E-state index in [1.165, 1.54) is 0 Å². The summed E-state index contributed by atoms with van der Waals surface area (Å²) in [5.41, 5.74) is 0.433. The van der Waals surface area contributed by atoms with Gasteiger partial charge in [0.2, 0.25) is 6.79 Å². The Balaban J connectivity index is 1.59. The van der Waals surface area contributed by atoms with Crippen molar-refractivity contribution in [2.45, 2.75) is 26.9 Å². The minimum atomic E-state index is -0.373. The lowest BCUT2D eigenvalue weighted by atomic mass is 9.89. The Morgan fingerprint density at radius 2 is 1.92 bits per heavy atom. The van der Waals surface area contributed by atoms with E-state index in [0.29, 0.717) is 36.7 Å². The number of piperazine rings is 1. The highest BCUT2D eigenvalue weighted by atomic mass is 16.7. The van der Waals surface area contributed by atoms with Crippen LogP contribution in [0.1, 0.15) is 31.1 Å². The summed E-state index contributed by atoms with van der Waals surface area (Å²) in [7, 11) is 0. The Hall–Kier alpha value is -1.79. The van der Waals surface area contributed by atoms with Gasteiger partial charge in [0, 0.05) is 32.7 Å². The number of carbonyl (C=O) groups is 1. The van der Waals surface area contributed by atoms with Gasteiger partial charge >= 0.3 is 0 Å². The average molecular weight is 334 g/mol. The van der Waals surface area contributed by atoms with Crippen molar-refractivity contribution in [3.05, 3.63) is 23.8 Å². The lowest BCUT2D eigenvalue weighted by molar-refractivity contribution is 0.0136. The molecule has 1 N–H and O–H groups in total. The van der Waals surface area contributed by atoms with Gasteiger partial charge in [0.05, 0.1) is 11.7 Å². The SMILES string of the molecule is CC(C)(C)[C@@H](O)CN1CCN(C(=O)c2cccc3c2OCO3)CC1. The van der Waals surface area contributed by atoms with Gasteiger partial charge in [0.25, 0.3) is 5.91 Å². The summed E-state index contributed by atoms with van der Waals surface area (Å²) in [6.07, 6.45) is -0.373. The van der Waals surface area contributed by atoms with Gasteiger partial charge in [-0.2, -0.15) is 0 Å². The quantitative estimate of drug-likeness (QED) is 0.909. The first-order chi connectivity index (χ1) is 11.4. The molecule has 3 rings (SSSR count). The van der Waals surface area contributed by atoms with Crippen molar-refractivity contribution in [2.75, 3.05) is 39.5 Å². The smallest absolute Gasteiger partial charge is 0.257 e. The minimum Gasteiger partial charge on any atom is -0.454 e. The summed E-state index contributed by atoms with van der Waals surface area (Å²) in [6.45, 7) is 9.76. The Morgan fingerprint density at radius 1 is 1.21 bits per heavy atom. The Labute approximate surface area is 143 Å². The number of β-amino-alcohol motifs (C(OH)–C–C–N with tert-alkyl or cyclic N) is 1. The highest BCUT2D eigenvalue weighted by molar-refractivity contribution is 5.98. The molecule has 0 bridgehead atoms. The second kappa shape index (κ2) is 6.61. The summed E-state index contributed by atoms with van der Waals surface area (Å²) < 4.78 is 10.8. The second-order valence-electron chi connectivity index (χ2n) is 7.51. The van der Waals surface area contributed by atoms with E-state index < -0.39 is 0 Å². The predicted molar refractivity (Wildman–Crippen MR) is 90.4 cm³/mol. The van der Waals surface area contributed by atoms with Crippen LogP contribution in [0.4, 0.5) is 0 Å². The topological polar surface area (TPSA) is 62.2 Å². The van der Waals surface area contributed by atoms with Crippen LogP contribution < -0.4 is 9.47 Å². The zero-order valence-corrected chi connectivity index (χ0v) is 14.6. The van der Waals surface area contributed by atoms with E-state index in [0.717, 1.165) is 13.1 Å². The van der Waals surface area contributed by atoms with E-state index in [1.54, 1.807) is 6.07 Å². The van der Waals surface area contributed by atoms with Gasteiger partial charge in [-0.25, -0.2) is 0 Å². The third-order valence-electron chi connectivity index (χ3n) is 4.72. The molecule has 24 heavy (non-hydrogen) atoms. The molecule has 0 radical (unpaired) electrons. The van der Waals surface area contributed by atoms with E-state index in [-0.39, 0.29) is 24.2 Å². The van der Waals surface area contributed by atoms with Crippen molar-refractivity contribution in [1.82, 2.24) is 9.80 Å². The Morgan fingerprint density at radius 3 is 2.58 bits per heavy atom. The minimum absolute atomic E-state index is 0.0200. The molecule has 1 aromatic carbocycles. The zero-order valence-electron chi connectivity index (χ0n) is 14.6. The van der Waals surface area contributed by atoms with Crippen LogP contribution in [0.2, 0.25) is 0 Å². The number of para-hydroxylation sites is 1. The average Bonchev–Trinajstić information content (AvgIpc) is 3.02. The molecule has 1 saturated heterocycles. The zero-order chi connectivity index (χ0) is 17.3. The number of aliphatic hydroxyl groups excluding tert-OH is 1. The summed E-state index contributed by atoms with van der Waals surface area (Å²) in [4.78, 5) is 16.8. The predicted octanol–water partition coefficient (Wildman–Crippen LogP) is 1.58. The molecule has 1 atom stereocenters. The van der Waals surface area contributed by atoms with Gasteiger partial charge in [-0.1, -0.05) is 26.8 Å². The van der Waals surface area contributed by atoms with Crippen LogP contribution in [0.3, 0.4) is 0 Å². The molecule has 0 aliphatic carbocycles. The van der Waals surface area contributed by atoms with Gasteiger partial charge in [-0.15, -0.1) is 0 Å². The normalized spacial score (nSPS) is 19.4. The summed E-state index contributed by atoms with van der Waals surface area (Å²) in [6, 6.07) is 5.41. The van der Waals surface area contributed by atoms with Gasteiger partial charge in [-0.05, 0) is 17.5 Å². The van der Waals surface area contributed by atoms with E-state index in [4.69, 9.17) is 9.47 Å². The maximum atomic E-state index is 12.8. The van der Waals surface area contributed by atoms with Crippen molar-refractivity contribution in [3.63, 3.8) is 0 Å². The number of amides is 1. The maximum absolute atomic E-state index is 12.8. The van der Waals surface area contributed by atoms with Crippen LogP contribution in [-0.2, 0) is 0 Å². The molecule has 2 heterocycles. The molecule has 0 aromatic heterocycles. The van der Waals surface area contributed by atoms with Crippen molar-refractivity contribution in [2.24, 2.45) is 5.41 Å². The molecule has 1 aromatic rings. The molecular weight excluding hydrogens is 308 g/mol. The number of fused-ring (bicyclic) bond motifs is 1. The lowest BCUT2D eigenvalue weighted by Crippen LogP contribution is -2.51. The number of rotatable bonds is 3. The van der Waals surface area contributed by atoms with E-state index in [1.807, 2.05) is 37.8 Å². The van der Waals surface area contributed by atoms with Crippen LogP contribution in [0.5, 0.6) is 11.5 Å². The highest BCUT2D eigenvalue weighted by Crippen LogP contribution is 2.36. The number of hydrogen-bond donors (Lipinski definition) is 1. The van der Waals surface area contributed by atoms with Gasteiger partial charge in [0.15, 0.2) is 11.5 Å². The van der Waals surface area contributed by atoms with Crippen molar-refractivity contribution >= 4 is 5.91 Å². The number of hydrogen-bond acceptors (Lipinski definition) is 5. The third kappa shape index (κ3) is 3.49. The van der Waals surface area contributed by atoms with Gasteiger partial charge in [0.1, 0.15) is 0 Å².